The Bertz CT molecular complexity index is 1100. The minimum Gasteiger partial charge on any atom is -0.493 e. The van der Waals surface area contributed by atoms with E-state index in [1.54, 1.807) is 42.5 Å². The van der Waals surface area contributed by atoms with Gasteiger partial charge < -0.3 is 14.8 Å². The molecule has 0 unspecified atom stereocenters. The van der Waals surface area contributed by atoms with Gasteiger partial charge in [-0.3, -0.25) is 19.3 Å². The summed E-state index contributed by atoms with van der Waals surface area (Å²) in [5.74, 6) is 0.0823. The van der Waals surface area contributed by atoms with Crippen molar-refractivity contribution in [3.63, 3.8) is 0 Å². The van der Waals surface area contributed by atoms with Crippen molar-refractivity contribution in [3.8, 4) is 11.5 Å². The van der Waals surface area contributed by atoms with Crippen molar-refractivity contribution in [3.05, 3.63) is 57.5 Å². The summed E-state index contributed by atoms with van der Waals surface area (Å²) in [6, 6.07) is 10.3. The SMILES string of the molecule is COc1cc(/C=C2\SC(=O)N(CC(=O)Nc3cc(Cl)ccc3C)C2=O)ccc1OC(C)C. The van der Waals surface area contributed by atoms with E-state index in [1.807, 2.05) is 20.8 Å². The Labute approximate surface area is 195 Å². The van der Waals surface area contributed by atoms with Crippen LogP contribution in [0.5, 0.6) is 11.5 Å². The molecule has 1 N–H and O–H groups in total. The average molecular weight is 475 g/mol. The molecule has 0 radical (unpaired) electrons. The first-order valence-corrected chi connectivity index (χ1v) is 11.0. The van der Waals surface area contributed by atoms with Gasteiger partial charge in [0.05, 0.1) is 18.1 Å². The van der Waals surface area contributed by atoms with Gasteiger partial charge in [-0.1, -0.05) is 23.7 Å². The average Bonchev–Trinajstić information content (AvgIpc) is 2.98. The molecule has 1 aliphatic heterocycles. The van der Waals surface area contributed by atoms with Crippen LogP contribution in [0.4, 0.5) is 10.5 Å². The third-order valence-electron chi connectivity index (χ3n) is 4.50. The van der Waals surface area contributed by atoms with E-state index in [1.165, 1.54) is 7.11 Å². The molecule has 3 rings (SSSR count). The van der Waals surface area contributed by atoms with Crippen molar-refractivity contribution in [2.75, 3.05) is 19.0 Å². The highest BCUT2D eigenvalue weighted by atomic mass is 35.5. The number of ether oxygens (including phenoxy) is 2. The predicted octanol–water partition coefficient (Wildman–Crippen LogP) is 5.12. The number of imide groups is 1. The highest BCUT2D eigenvalue weighted by Gasteiger charge is 2.36. The third kappa shape index (κ3) is 5.63. The topological polar surface area (TPSA) is 84.9 Å². The summed E-state index contributed by atoms with van der Waals surface area (Å²) in [6.45, 7) is 5.25. The molecule has 7 nitrogen and oxygen atoms in total. The molecule has 3 amide bonds. The molecule has 1 fully saturated rings. The van der Waals surface area contributed by atoms with Crippen molar-refractivity contribution in [2.24, 2.45) is 0 Å². The molecule has 0 saturated carbocycles. The smallest absolute Gasteiger partial charge is 0.294 e. The lowest BCUT2D eigenvalue weighted by atomic mass is 10.2. The Kier molecular flexibility index (Phi) is 7.48. The van der Waals surface area contributed by atoms with Crippen molar-refractivity contribution in [2.45, 2.75) is 26.9 Å². The van der Waals surface area contributed by atoms with Crippen LogP contribution in [-0.4, -0.2) is 41.7 Å². The number of benzene rings is 2. The van der Waals surface area contributed by atoms with E-state index in [0.717, 1.165) is 22.2 Å². The van der Waals surface area contributed by atoms with Crippen LogP contribution in [0.2, 0.25) is 5.02 Å². The number of carbonyl (C=O) groups excluding carboxylic acids is 3. The third-order valence-corrected chi connectivity index (χ3v) is 5.64. The molecule has 0 atom stereocenters. The second-order valence-electron chi connectivity index (χ2n) is 7.35. The lowest BCUT2D eigenvalue weighted by Gasteiger charge is -2.14. The van der Waals surface area contributed by atoms with E-state index in [0.29, 0.717) is 27.8 Å². The van der Waals surface area contributed by atoms with Crippen molar-refractivity contribution < 1.29 is 23.9 Å². The van der Waals surface area contributed by atoms with E-state index < -0.39 is 23.6 Å². The van der Waals surface area contributed by atoms with Crippen molar-refractivity contribution in [1.29, 1.82) is 0 Å². The number of thioether (sulfide) groups is 1. The number of hydrogen-bond acceptors (Lipinski definition) is 6. The van der Waals surface area contributed by atoms with Gasteiger partial charge in [0.2, 0.25) is 5.91 Å². The van der Waals surface area contributed by atoms with Gasteiger partial charge in [0.1, 0.15) is 6.54 Å². The minimum atomic E-state index is -0.528. The predicted molar refractivity (Wildman–Crippen MR) is 126 cm³/mol. The number of methoxy groups -OCH3 is 1. The Morgan fingerprint density at radius 3 is 2.62 bits per heavy atom. The fraction of sp³-hybridized carbons (Fsp3) is 0.261. The molecule has 0 bridgehead atoms. The first-order chi connectivity index (χ1) is 15.2. The lowest BCUT2D eigenvalue weighted by Crippen LogP contribution is -2.36. The zero-order valence-electron chi connectivity index (χ0n) is 18.1. The highest BCUT2D eigenvalue weighted by Crippen LogP contribution is 2.35. The van der Waals surface area contributed by atoms with Crippen LogP contribution in [0.1, 0.15) is 25.0 Å². The summed E-state index contributed by atoms with van der Waals surface area (Å²) in [5, 5.41) is 2.66. The molecule has 9 heteroatoms. The maximum Gasteiger partial charge on any atom is 0.294 e. The van der Waals surface area contributed by atoms with Gasteiger partial charge in [-0.2, -0.15) is 0 Å². The Hall–Kier alpha value is -2.97. The largest absolute Gasteiger partial charge is 0.493 e. The van der Waals surface area contributed by atoms with Crippen LogP contribution in [0.25, 0.3) is 6.08 Å². The van der Waals surface area contributed by atoms with Crippen molar-refractivity contribution in [1.82, 2.24) is 4.90 Å². The molecule has 2 aromatic rings. The quantitative estimate of drug-likeness (QED) is 0.560. The fourth-order valence-corrected chi connectivity index (χ4v) is 3.99. The van der Waals surface area contributed by atoms with Crippen LogP contribution < -0.4 is 14.8 Å². The molecule has 0 aromatic heterocycles. The molecule has 1 aliphatic rings. The number of amides is 3. The van der Waals surface area contributed by atoms with Crippen LogP contribution in [-0.2, 0) is 9.59 Å². The summed E-state index contributed by atoms with van der Waals surface area (Å²) >= 11 is 6.76. The molecule has 0 aliphatic carbocycles. The highest BCUT2D eigenvalue weighted by molar-refractivity contribution is 8.18. The van der Waals surface area contributed by atoms with Gasteiger partial charge in [0, 0.05) is 10.7 Å². The number of carbonyl (C=O) groups is 3. The molecule has 32 heavy (non-hydrogen) atoms. The Balaban J connectivity index is 1.73. The monoisotopic (exact) mass is 474 g/mol. The number of nitrogens with zero attached hydrogens (tertiary/aromatic N) is 1. The van der Waals surface area contributed by atoms with E-state index in [2.05, 4.69) is 5.32 Å². The van der Waals surface area contributed by atoms with Gasteiger partial charge in [0.15, 0.2) is 11.5 Å². The summed E-state index contributed by atoms with van der Waals surface area (Å²) in [5.41, 5.74) is 2.01. The Morgan fingerprint density at radius 1 is 1.19 bits per heavy atom. The number of aryl methyl sites for hydroxylation is 1. The van der Waals surface area contributed by atoms with Gasteiger partial charge >= 0.3 is 0 Å². The zero-order chi connectivity index (χ0) is 23.4. The van der Waals surface area contributed by atoms with Crippen LogP contribution in [0, 0.1) is 6.92 Å². The molecule has 2 aromatic carbocycles. The number of hydrogen-bond donors (Lipinski definition) is 1. The minimum absolute atomic E-state index is 0.0203. The molecule has 1 heterocycles. The lowest BCUT2D eigenvalue weighted by molar-refractivity contribution is -0.127. The van der Waals surface area contributed by atoms with Crippen LogP contribution in [0.3, 0.4) is 0 Å². The van der Waals surface area contributed by atoms with Gasteiger partial charge in [-0.05, 0) is 74.0 Å². The van der Waals surface area contributed by atoms with E-state index in [-0.39, 0.29) is 11.0 Å². The van der Waals surface area contributed by atoms with Crippen molar-refractivity contribution >= 4 is 52.2 Å². The Morgan fingerprint density at radius 2 is 1.94 bits per heavy atom. The summed E-state index contributed by atoms with van der Waals surface area (Å²) in [7, 11) is 1.53. The number of anilines is 1. The molecule has 1 saturated heterocycles. The number of nitrogens with one attached hydrogen (secondary N) is 1. The maximum absolute atomic E-state index is 12.8. The molecular formula is C23H23ClN2O5S. The fourth-order valence-electron chi connectivity index (χ4n) is 2.98. The van der Waals surface area contributed by atoms with E-state index in [4.69, 9.17) is 21.1 Å². The van der Waals surface area contributed by atoms with Gasteiger partial charge in [-0.25, -0.2) is 0 Å². The zero-order valence-corrected chi connectivity index (χ0v) is 19.7. The van der Waals surface area contributed by atoms with Gasteiger partial charge in [-0.15, -0.1) is 0 Å². The second-order valence-corrected chi connectivity index (χ2v) is 8.78. The molecule has 168 valence electrons. The second kappa shape index (κ2) is 10.1. The van der Waals surface area contributed by atoms with Gasteiger partial charge in [0.25, 0.3) is 11.1 Å². The van der Waals surface area contributed by atoms with E-state index in [9.17, 15) is 14.4 Å². The number of halogens is 1. The first kappa shape index (κ1) is 23.7. The number of rotatable bonds is 7. The van der Waals surface area contributed by atoms with Crippen LogP contribution >= 0.6 is 23.4 Å². The summed E-state index contributed by atoms with van der Waals surface area (Å²) in [4.78, 5) is 38.7. The standard InChI is InChI=1S/C23H23ClN2O5S/c1-13(2)31-18-8-6-15(9-19(18)30-4)10-20-22(28)26(23(29)32-20)12-21(27)25-17-11-16(24)7-5-14(17)3/h5-11,13H,12H2,1-4H3,(H,25,27)/b20-10-. The summed E-state index contributed by atoms with van der Waals surface area (Å²) < 4.78 is 11.1. The van der Waals surface area contributed by atoms with Crippen LogP contribution in [0.15, 0.2) is 41.3 Å². The van der Waals surface area contributed by atoms with E-state index >= 15 is 0 Å². The molecule has 0 spiro atoms. The molecular weight excluding hydrogens is 452 g/mol. The maximum atomic E-state index is 12.8. The first-order valence-electron chi connectivity index (χ1n) is 9.84. The normalized spacial score (nSPS) is 14.9. The summed E-state index contributed by atoms with van der Waals surface area (Å²) in [6.07, 6.45) is 1.57.